The maximum Gasteiger partial charge on any atom is 0.257 e. The van der Waals surface area contributed by atoms with Crippen molar-refractivity contribution in [3.8, 4) is 5.75 Å². The molecule has 1 aromatic carbocycles. The summed E-state index contributed by atoms with van der Waals surface area (Å²) in [6.45, 7) is 0. The number of carbonyl (C=O) groups is 1. The maximum absolute atomic E-state index is 12.9. The zero-order valence-corrected chi connectivity index (χ0v) is 15.4. The van der Waals surface area contributed by atoms with Crippen LogP contribution in [0.2, 0.25) is 0 Å². The van der Waals surface area contributed by atoms with Crippen LogP contribution in [0.1, 0.15) is 36.3 Å². The number of rotatable bonds is 3. The van der Waals surface area contributed by atoms with Gasteiger partial charge in [-0.25, -0.2) is 4.98 Å². The van der Waals surface area contributed by atoms with Gasteiger partial charge in [0.2, 0.25) is 0 Å². The summed E-state index contributed by atoms with van der Waals surface area (Å²) in [5.74, 6) is 0.789. The summed E-state index contributed by atoms with van der Waals surface area (Å²) < 4.78 is 5.52. The van der Waals surface area contributed by atoms with E-state index < -0.39 is 5.92 Å². The first-order chi connectivity index (χ1) is 12.6. The number of thioether (sulfide) groups is 1. The Morgan fingerprint density at radius 3 is 2.81 bits per heavy atom. The third-order valence-corrected chi connectivity index (χ3v) is 5.46. The average molecular weight is 369 g/mol. The second kappa shape index (κ2) is 6.64. The zero-order valence-electron chi connectivity index (χ0n) is 14.6. The Morgan fingerprint density at radius 2 is 2.04 bits per heavy atom. The normalized spacial score (nSPS) is 18.8. The second-order valence-corrected chi connectivity index (χ2v) is 7.10. The SMILES string of the molecule is COc1ccccc1C1C2=C(CCCC2=O)Nc2nc(SC)[nH]c(=O)c21. The smallest absolute Gasteiger partial charge is 0.257 e. The highest BCUT2D eigenvalue weighted by atomic mass is 32.2. The number of nitrogens with one attached hydrogen (secondary N) is 2. The Balaban J connectivity index is 2.02. The molecule has 0 amide bonds. The van der Waals surface area contributed by atoms with Gasteiger partial charge in [-0.15, -0.1) is 0 Å². The number of aromatic amines is 1. The molecule has 134 valence electrons. The molecule has 0 bridgehead atoms. The lowest BCUT2D eigenvalue weighted by Crippen LogP contribution is -2.32. The Bertz CT molecular complexity index is 980. The minimum atomic E-state index is -0.475. The molecule has 1 atom stereocenters. The van der Waals surface area contributed by atoms with Crippen LogP contribution in [0, 0.1) is 0 Å². The molecule has 2 aromatic rings. The van der Waals surface area contributed by atoms with Crippen LogP contribution in [-0.2, 0) is 4.79 Å². The van der Waals surface area contributed by atoms with E-state index in [9.17, 15) is 9.59 Å². The summed E-state index contributed by atoms with van der Waals surface area (Å²) >= 11 is 1.38. The number of H-pyrrole nitrogens is 1. The lowest BCUT2D eigenvalue weighted by molar-refractivity contribution is -0.116. The van der Waals surface area contributed by atoms with Gasteiger partial charge in [-0.1, -0.05) is 30.0 Å². The molecular weight excluding hydrogens is 350 g/mol. The molecule has 6 nitrogen and oxygen atoms in total. The zero-order chi connectivity index (χ0) is 18.3. The molecule has 2 aliphatic rings. The standard InChI is InChI=1S/C19H19N3O3S/c1-25-13-9-4-3-6-10(13)14-15-11(7-5-8-12(15)23)20-17-16(14)18(24)22-19(21-17)26-2/h3-4,6,9,14H,5,7-8H2,1-2H3,(H2,20,21,22,24). The van der Waals surface area contributed by atoms with Crippen LogP contribution < -0.4 is 15.6 Å². The largest absolute Gasteiger partial charge is 0.496 e. The molecule has 0 saturated heterocycles. The van der Waals surface area contributed by atoms with E-state index in [1.54, 1.807) is 7.11 Å². The van der Waals surface area contributed by atoms with E-state index in [-0.39, 0.29) is 11.3 Å². The fourth-order valence-corrected chi connectivity index (χ4v) is 4.13. The lowest BCUT2D eigenvalue weighted by Gasteiger charge is -2.33. The van der Waals surface area contributed by atoms with Crippen molar-refractivity contribution in [1.82, 2.24) is 9.97 Å². The van der Waals surface area contributed by atoms with Crippen molar-refractivity contribution in [2.45, 2.75) is 30.3 Å². The molecule has 0 radical (unpaired) electrons. The van der Waals surface area contributed by atoms with Gasteiger partial charge < -0.3 is 15.0 Å². The Hall–Kier alpha value is -2.54. The monoisotopic (exact) mass is 369 g/mol. The van der Waals surface area contributed by atoms with Crippen LogP contribution in [0.15, 0.2) is 45.5 Å². The van der Waals surface area contributed by atoms with Crippen LogP contribution in [-0.4, -0.2) is 29.1 Å². The van der Waals surface area contributed by atoms with E-state index in [1.807, 2.05) is 30.5 Å². The van der Waals surface area contributed by atoms with Crippen LogP contribution in [0.5, 0.6) is 5.75 Å². The number of carbonyl (C=O) groups excluding carboxylic acids is 1. The molecule has 7 heteroatoms. The van der Waals surface area contributed by atoms with Gasteiger partial charge >= 0.3 is 0 Å². The number of Topliss-reactive ketones (excluding diaryl/α,β-unsaturated/α-hetero) is 1. The van der Waals surface area contributed by atoms with Gasteiger partial charge in [-0.2, -0.15) is 0 Å². The summed E-state index contributed by atoms with van der Waals surface area (Å²) in [6, 6.07) is 7.53. The van der Waals surface area contributed by atoms with Crippen LogP contribution >= 0.6 is 11.8 Å². The first-order valence-corrected chi connectivity index (χ1v) is 9.71. The predicted octanol–water partition coefficient (Wildman–Crippen LogP) is 3.06. The molecule has 4 rings (SSSR count). The van der Waals surface area contributed by atoms with Gasteiger partial charge in [0.1, 0.15) is 11.6 Å². The minimum absolute atomic E-state index is 0.0775. The number of methoxy groups -OCH3 is 1. The van der Waals surface area contributed by atoms with Crippen molar-refractivity contribution in [2.24, 2.45) is 0 Å². The molecule has 1 aliphatic carbocycles. The molecule has 0 saturated carbocycles. The van der Waals surface area contributed by atoms with Crippen molar-refractivity contribution in [3.63, 3.8) is 0 Å². The quantitative estimate of drug-likeness (QED) is 0.639. The van der Waals surface area contributed by atoms with Gasteiger partial charge in [0.15, 0.2) is 10.9 Å². The highest BCUT2D eigenvalue weighted by Gasteiger charge is 2.38. The summed E-state index contributed by atoms with van der Waals surface area (Å²) in [6.07, 6.45) is 3.93. The van der Waals surface area contributed by atoms with Crippen molar-refractivity contribution in [3.05, 3.63) is 57.0 Å². The van der Waals surface area contributed by atoms with Crippen molar-refractivity contribution in [2.75, 3.05) is 18.7 Å². The van der Waals surface area contributed by atoms with Crippen LogP contribution in [0.25, 0.3) is 0 Å². The topological polar surface area (TPSA) is 84.1 Å². The van der Waals surface area contributed by atoms with Gasteiger partial charge in [-0.05, 0) is 25.2 Å². The molecule has 1 unspecified atom stereocenters. The number of allylic oxidation sites excluding steroid dienone is 2. The first-order valence-electron chi connectivity index (χ1n) is 8.48. The van der Waals surface area contributed by atoms with E-state index in [1.165, 1.54) is 11.8 Å². The number of aromatic nitrogens is 2. The Labute approximate surface area is 155 Å². The first kappa shape index (κ1) is 16.9. The lowest BCUT2D eigenvalue weighted by atomic mass is 9.76. The summed E-state index contributed by atoms with van der Waals surface area (Å²) in [4.78, 5) is 33.0. The fraction of sp³-hybridized carbons (Fsp3) is 0.316. The molecule has 0 fully saturated rings. The van der Waals surface area contributed by atoms with E-state index >= 15 is 0 Å². The Kier molecular flexibility index (Phi) is 4.32. The second-order valence-electron chi connectivity index (χ2n) is 6.31. The number of fused-ring (bicyclic) bond motifs is 1. The van der Waals surface area contributed by atoms with Gasteiger partial charge in [0.05, 0.1) is 18.6 Å². The van der Waals surface area contributed by atoms with Crippen molar-refractivity contribution >= 4 is 23.4 Å². The van der Waals surface area contributed by atoms with Crippen LogP contribution in [0.4, 0.5) is 5.82 Å². The molecule has 2 heterocycles. The van der Waals surface area contributed by atoms with E-state index in [4.69, 9.17) is 4.74 Å². The van der Waals surface area contributed by atoms with Gasteiger partial charge in [0, 0.05) is 23.3 Å². The van der Waals surface area contributed by atoms with Gasteiger partial charge in [0.25, 0.3) is 5.56 Å². The number of hydrogen-bond acceptors (Lipinski definition) is 6. The highest BCUT2D eigenvalue weighted by Crippen LogP contribution is 2.45. The summed E-state index contributed by atoms with van der Waals surface area (Å²) in [7, 11) is 1.60. The summed E-state index contributed by atoms with van der Waals surface area (Å²) in [5.41, 5.74) is 2.59. The molecule has 1 aliphatic heterocycles. The fourth-order valence-electron chi connectivity index (χ4n) is 3.75. The predicted molar refractivity (Wildman–Crippen MR) is 101 cm³/mol. The van der Waals surface area contributed by atoms with Gasteiger partial charge in [-0.3, -0.25) is 9.59 Å². The minimum Gasteiger partial charge on any atom is -0.496 e. The molecule has 0 spiro atoms. The molecule has 26 heavy (non-hydrogen) atoms. The number of para-hydroxylation sites is 1. The van der Waals surface area contributed by atoms with Crippen molar-refractivity contribution < 1.29 is 9.53 Å². The molecule has 2 N–H and O–H groups in total. The number of hydrogen-bond donors (Lipinski definition) is 2. The third kappa shape index (κ3) is 2.63. The number of ketones is 1. The number of ether oxygens (including phenoxy) is 1. The Morgan fingerprint density at radius 1 is 1.23 bits per heavy atom. The highest BCUT2D eigenvalue weighted by molar-refractivity contribution is 7.98. The third-order valence-electron chi connectivity index (χ3n) is 4.88. The van der Waals surface area contributed by atoms with E-state index in [0.717, 1.165) is 24.1 Å². The molecule has 1 aromatic heterocycles. The van der Waals surface area contributed by atoms with Crippen LogP contribution in [0.3, 0.4) is 0 Å². The average Bonchev–Trinajstić information content (AvgIpc) is 2.66. The summed E-state index contributed by atoms with van der Waals surface area (Å²) in [5, 5.41) is 3.80. The number of nitrogens with zero attached hydrogens (tertiary/aromatic N) is 1. The van der Waals surface area contributed by atoms with Crippen molar-refractivity contribution in [1.29, 1.82) is 0 Å². The van der Waals surface area contributed by atoms with E-state index in [0.29, 0.717) is 34.3 Å². The maximum atomic E-state index is 12.9. The molecular formula is C19H19N3O3S. The van der Waals surface area contributed by atoms with E-state index in [2.05, 4.69) is 15.3 Å². The number of benzene rings is 1. The number of anilines is 1.